The summed E-state index contributed by atoms with van der Waals surface area (Å²) >= 11 is 0. The molecule has 23 heavy (non-hydrogen) atoms. The third kappa shape index (κ3) is 4.92. The zero-order valence-corrected chi connectivity index (χ0v) is 12.4. The lowest BCUT2D eigenvalue weighted by atomic mass is 10.1. The molecule has 7 heteroatoms. The summed E-state index contributed by atoms with van der Waals surface area (Å²) in [5, 5.41) is 14.5. The highest BCUT2D eigenvalue weighted by atomic mass is 16.6. The van der Waals surface area contributed by atoms with E-state index in [-0.39, 0.29) is 12.3 Å². The fraction of sp³-hybridized carbons (Fsp3) is 0.125. The molecule has 0 heterocycles. The fourth-order valence-electron chi connectivity index (χ4n) is 1.77. The first-order valence-electron chi connectivity index (χ1n) is 6.82. The number of hydrazone groups is 1. The maximum atomic E-state index is 11.6. The Bertz CT molecular complexity index is 712. The van der Waals surface area contributed by atoms with Crippen LogP contribution in [-0.2, 0) is 11.3 Å². The first kappa shape index (κ1) is 16.2. The van der Waals surface area contributed by atoms with E-state index < -0.39 is 11.0 Å². The van der Waals surface area contributed by atoms with Gasteiger partial charge in [-0.2, -0.15) is 5.10 Å². The number of non-ortho nitro benzene ring substituents is 1. The third-order valence-corrected chi connectivity index (χ3v) is 3.02. The van der Waals surface area contributed by atoms with Gasteiger partial charge in [0.25, 0.3) is 5.69 Å². The number of carbonyl (C=O) groups excluding carboxylic acids is 1. The molecule has 0 unspecified atom stereocenters. The number of hydrogen-bond acceptors (Lipinski definition) is 5. The molecule has 1 amide bonds. The van der Waals surface area contributed by atoms with E-state index in [0.717, 1.165) is 5.56 Å². The maximum Gasteiger partial charge on any atom is 0.428 e. The van der Waals surface area contributed by atoms with Gasteiger partial charge in [0.05, 0.1) is 10.6 Å². The Morgan fingerprint density at radius 2 is 1.83 bits per heavy atom. The van der Waals surface area contributed by atoms with Crippen LogP contribution in [0.1, 0.15) is 18.1 Å². The minimum absolute atomic E-state index is 0.00298. The minimum atomic E-state index is -0.671. The van der Waals surface area contributed by atoms with Gasteiger partial charge in [-0.05, 0) is 30.2 Å². The predicted molar refractivity (Wildman–Crippen MR) is 85.1 cm³/mol. The van der Waals surface area contributed by atoms with Gasteiger partial charge in [0.15, 0.2) is 0 Å². The molecule has 0 aliphatic carbocycles. The number of nitrogens with one attached hydrogen (secondary N) is 1. The van der Waals surface area contributed by atoms with E-state index >= 15 is 0 Å². The number of benzene rings is 2. The smallest absolute Gasteiger partial charge is 0.428 e. The molecule has 0 atom stereocenters. The van der Waals surface area contributed by atoms with Crippen LogP contribution in [0.3, 0.4) is 0 Å². The molecule has 0 spiro atoms. The standard InChI is InChI=1S/C16H15N3O4/c1-12(14-7-9-15(10-8-14)19(21)22)17-18-16(20)23-11-13-5-3-2-4-6-13/h2-10H,11H2,1H3,(H,18,20)/b17-12+. The Balaban J connectivity index is 1.88. The van der Waals surface area contributed by atoms with Gasteiger partial charge in [0, 0.05) is 12.1 Å². The molecule has 0 radical (unpaired) electrons. The molecule has 0 saturated heterocycles. The van der Waals surface area contributed by atoms with Crippen LogP contribution in [0, 0.1) is 10.1 Å². The summed E-state index contributed by atoms with van der Waals surface area (Å²) in [6, 6.07) is 15.2. The molecular formula is C16H15N3O4. The van der Waals surface area contributed by atoms with Crippen LogP contribution in [0.5, 0.6) is 0 Å². The molecule has 0 aliphatic rings. The van der Waals surface area contributed by atoms with Gasteiger partial charge < -0.3 is 4.74 Å². The van der Waals surface area contributed by atoms with Crippen LogP contribution in [0.2, 0.25) is 0 Å². The highest BCUT2D eigenvalue weighted by molar-refractivity contribution is 5.99. The van der Waals surface area contributed by atoms with Gasteiger partial charge in [0.2, 0.25) is 0 Å². The molecule has 0 saturated carbocycles. The van der Waals surface area contributed by atoms with Gasteiger partial charge in [-0.25, -0.2) is 10.2 Å². The van der Waals surface area contributed by atoms with Crippen molar-refractivity contribution in [3.8, 4) is 0 Å². The lowest BCUT2D eigenvalue weighted by molar-refractivity contribution is -0.384. The molecule has 2 aromatic carbocycles. The summed E-state index contributed by atoms with van der Waals surface area (Å²) in [6.45, 7) is 1.83. The predicted octanol–water partition coefficient (Wildman–Crippen LogP) is 3.25. The van der Waals surface area contributed by atoms with Crippen molar-refractivity contribution in [3.63, 3.8) is 0 Å². The van der Waals surface area contributed by atoms with E-state index in [9.17, 15) is 14.9 Å². The molecule has 118 valence electrons. The monoisotopic (exact) mass is 313 g/mol. The highest BCUT2D eigenvalue weighted by Crippen LogP contribution is 2.12. The summed E-state index contributed by atoms with van der Waals surface area (Å²) in [5.41, 5.74) is 4.33. The van der Waals surface area contributed by atoms with E-state index in [1.54, 1.807) is 19.1 Å². The maximum absolute atomic E-state index is 11.6. The van der Waals surface area contributed by atoms with E-state index in [1.165, 1.54) is 12.1 Å². The number of amides is 1. The van der Waals surface area contributed by atoms with Crippen molar-refractivity contribution in [2.24, 2.45) is 5.10 Å². The normalized spacial score (nSPS) is 10.9. The number of nitro groups is 1. The van der Waals surface area contributed by atoms with Crippen molar-refractivity contribution in [1.82, 2.24) is 5.43 Å². The van der Waals surface area contributed by atoms with Crippen molar-refractivity contribution in [2.45, 2.75) is 13.5 Å². The quantitative estimate of drug-likeness (QED) is 0.521. The van der Waals surface area contributed by atoms with E-state index in [0.29, 0.717) is 11.3 Å². The average molecular weight is 313 g/mol. The zero-order valence-electron chi connectivity index (χ0n) is 12.4. The van der Waals surface area contributed by atoms with Gasteiger partial charge in [-0.15, -0.1) is 0 Å². The van der Waals surface area contributed by atoms with Crippen molar-refractivity contribution >= 4 is 17.5 Å². The van der Waals surface area contributed by atoms with Crippen LogP contribution in [-0.4, -0.2) is 16.7 Å². The number of ether oxygens (including phenoxy) is 1. The van der Waals surface area contributed by atoms with Gasteiger partial charge in [-0.3, -0.25) is 10.1 Å². The Labute approximate surface area is 132 Å². The lowest BCUT2D eigenvalue weighted by Crippen LogP contribution is -2.20. The van der Waals surface area contributed by atoms with Crippen LogP contribution in [0.15, 0.2) is 59.7 Å². The fourth-order valence-corrected chi connectivity index (χ4v) is 1.77. The third-order valence-electron chi connectivity index (χ3n) is 3.02. The van der Waals surface area contributed by atoms with Crippen molar-refractivity contribution in [2.75, 3.05) is 0 Å². The number of carbonyl (C=O) groups is 1. The van der Waals surface area contributed by atoms with Gasteiger partial charge >= 0.3 is 6.09 Å². The summed E-state index contributed by atoms with van der Waals surface area (Å²) in [7, 11) is 0. The molecule has 2 rings (SSSR count). The zero-order chi connectivity index (χ0) is 16.7. The van der Waals surface area contributed by atoms with Crippen molar-refractivity contribution in [3.05, 3.63) is 75.8 Å². The second-order valence-electron chi connectivity index (χ2n) is 4.67. The molecule has 0 bridgehead atoms. The van der Waals surface area contributed by atoms with Gasteiger partial charge in [0.1, 0.15) is 6.61 Å². The molecule has 0 aliphatic heterocycles. The summed E-state index contributed by atoms with van der Waals surface area (Å²) < 4.78 is 5.02. The Morgan fingerprint density at radius 3 is 2.43 bits per heavy atom. The second kappa shape index (κ2) is 7.69. The SMILES string of the molecule is C/C(=N\NC(=O)OCc1ccccc1)c1ccc([N+](=O)[O-])cc1. The highest BCUT2D eigenvalue weighted by Gasteiger charge is 2.06. The number of nitro benzene ring substituents is 1. The Kier molecular flexibility index (Phi) is 5.40. The van der Waals surface area contributed by atoms with Crippen LogP contribution < -0.4 is 5.43 Å². The number of nitrogens with zero attached hydrogens (tertiary/aromatic N) is 2. The van der Waals surface area contributed by atoms with Crippen molar-refractivity contribution < 1.29 is 14.5 Å². The van der Waals surface area contributed by atoms with Gasteiger partial charge in [-0.1, -0.05) is 30.3 Å². The van der Waals surface area contributed by atoms with Crippen molar-refractivity contribution in [1.29, 1.82) is 0 Å². The number of hydrogen-bond donors (Lipinski definition) is 1. The lowest BCUT2D eigenvalue weighted by Gasteiger charge is -2.05. The van der Waals surface area contributed by atoms with Crippen LogP contribution >= 0.6 is 0 Å². The Hall–Kier alpha value is -3.22. The van der Waals surface area contributed by atoms with E-state index in [2.05, 4.69) is 10.5 Å². The molecule has 7 nitrogen and oxygen atoms in total. The van der Waals surface area contributed by atoms with Crippen LogP contribution in [0.25, 0.3) is 0 Å². The average Bonchev–Trinajstić information content (AvgIpc) is 2.58. The van der Waals surface area contributed by atoms with E-state index in [1.807, 2.05) is 30.3 Å². The molecule has 0 aromatic heterocycles. The molecule has 1 N–H and O–H groups in total. The topological polar surface area (TPSA) is 93.8 Å². The largest absolute Gasteiger partial charge is 0.443 e. The summed E-state index contributed by atoms with van der Waals surface area (Å²) in [6.07, 6.45) is -0.671. The molecular weight excluding hydrogens is 298 g/mol. The minimum Gasteiger partial charge on any atom is -0.443 e. The first-order chi connectivity index (χ1) is 11.1. The molecule has 2 aromatic rings. The second-order valence-corrected chi connectivity index (χ2v) is 4.67. The number of rotatable bonds is 5. The van der Waals surface area contributed by atoms with Crippen LogP contribution in [0.4, 0.5) is 10.5 Å². The Morgan fingerprint density at radius 1 is 1.17 bits per heavy atom. The molecule has 0 fully saturated rings. The summed E-state index contributed by atoms with van der Waals surface area (Å²) in [4.78, 5) is 21.7. The first-order valence-corrected chi connectivity index (χ1v) is 6.82. The summed E-state index contributed by atoms with van der Waals surface area (Å²) in [5.74, 6) is 0. The van der Waals surface area contributed by atoms with E-state index in [4.69, 9.17) is 4.74 Å².